The molecule has 0 amide bonds. The lowest BCUT2D eigenvalue weighted by Gasteiger charge is -2.21. The maximum atomic E-state index is 12.5. The molecule has 0 saturated carbocycles. The summed E-state index contributed by atoms with van der Waals surface area (Å²) in [5, 5.41) is 6.49. The third-order valence-corrected chi connectivity index (χ3v) is 6.85. The second-order valence-corrected chi connectivity index (χ2v) is 9.62. The molecule has 2 rings (SSSR count). The summed E-state index contributed by atoms with van der Waals surface area (Å²) in [5.41, 5.74) is 0.670. The lowest BCUT2D eigenvalue weighted by molar-refractivity contribution is 0.0203. The number of benzene rings is 1. The maximum absolute atomic E-state index is 12.5. The van der Waals surface area contributed by atoms with Crippen LogP contribution < -0.4 is 10.6 Å². The van der Waals surface area contributed by atoms with Crippen LogP contribution in [0.15, 0.2) is 34.2 Å². The largest absolute Gasteiger partial charge is 0.381 e. The molecule has 1 fully saturated rings. The molecule has 1 aromatic rings. The molecular formula is C21H37IN4O4S. The van der Waals surface area contributed by atoms with Crippen molar-refractivity contribution >= 4 is 40.0 Å². The molecule has 1 heterocycles. The van der Waals surface area contributed by atoms with Crippen LogP contribution in [0.25, 0.3) is 0 Å². The fourth-order valence-electron chi connectivity index (χ4n) is 3.13. The van der Waals surface area contributed by atoms with Gasteiger partial charge < -0.3 is 20.1 Å². The first-order chi connectivity index (χ1) is 14.4. The van der Waals surface area contributed by atoms with Crippen LogP contribution >= 0.6 is 24.0 Å². The second-order valence-electron chi connectivity index (χ2n) is 7.50. The monoisotopic (exact) mass is 568 g/mol. The molecule has 31 heavy (non-hydrogen) atoms. The zero-order valence-corrected chi connectivity index (χ0v) is 21.9. The molecule has 178 valence electrons. The zero-order valence-electron chi connectivity index (χ0n) is 18.8. The van der Waals surface area contributed by atoms with Crippen LogP contribution in [0.5, 0.6) is 0 Å². The quantitative estimate of drug-likeness (QED) is 0.185. The Morgan fingerprint density at radius 1 is 1.23 bits per heavy atom. The van der Waals surface area contributed by atoms with Crippen molar-refractivity contribution in [3.05, 3.63) is 29.8 Å². The van der Waals surface area contributed by atoms with Gasteiger partial charge in [-0.15, -0.1) is 24.0 Å². The van der Waals surface area contributed by atoms with Crippen LogP contribution in [0.1, 0.15) is 31.7 Å². The number of guanidine groups is 1. The van der Waals surface area contributed by atoms with E-state index in [1.165, 1.54) is 18.4 Å². The average molecular weight is 569 g/mol. The Kier molecular flexibility index (Phi) is 13.6. The first-order valence-electron chi connectivity index (χ1n) is 10.6. The highest BCUT2D eigenvalue weighted by Crippen LogP contribution is 2.19. The number of aliphatic imine (C=N–C) groups is 1. The third-order valence-electron chi connectivity index (χ3n) is 4.94. The fourth-order valence-corrected chi connectivity index (χ4v) is 4.24. The van der Waals surface area contributed by atoms with Crippen LogP contribution in [0, 0.1) is 5.92 Å². The van der Waals surface area contributed by atoms with E-state index in [0.717, 1.165) is 52.2 Å². The van der Waals surface area contributed by atoms with Gasteiger partial charge in [0.25, 0.3) is 0 Å². The molecule has 2 N–H and O–H groups in total. The minimum absolute atomic E-state index is 0. The average Bonchev–Trinajstić information content (AvgIpc) is 2.75. The highest BCUT2D eigenvalue weighted by Gasteiger charge is 2.20. The van der Waals surface area contributed by atoms with E-state index in [0.29, 0.717) is 24.0 Å². The molecule has 0 spiro atoms. The molecule has 0 aliphatic carbocycles. The SMILES string of the molecule is CCNC(=NCc1ccccc1S(=O)(=O)N(C)C)NCCCOCC1CCOCC1.I. The number of rotatable bonds is 11. The molecule has 1 saturated heterocycles. The van der Waals surface area contributed by atoms with Crippen molar-refractivity contribution in [3.63, 3.8) is 0 Å². The van der Waals surface area contributed by atoms with Gasteiger partial charge in [0.05, 0.1) is 11.4 Å². The highest BCUT2D eigenvalue weighted by molar-refractivity contribution is 14.0. The molecule has 1 aliphatic rings. The zero-order chi connectivity index (χ0) is 21.8. The lowest BCUT2D eigenvalue weighted by Crippen LogP contribution is -2.38. The van der Waals surface area contributed by atoms with Crippen molar-refractivity contribution in [2.45, 2.75) is 37.6 Å². The molecule has 0 radical (unpaired) electrons. The van der Waals surface area contributed by atoms with Gasteiger partial charge in [-0.2, -0.15) is 0 Å². The molecule has 0 unspecified atom stereocenters. The molecule has 1 aliphatic heterocycles. The Bertz CT molecular complexity index is 768. The van der Waals surface area contributed by atoms with E-state index >= 15 is 0 Å². The second kappa shape index (κ2) is 15.0. The van der Waals surface area contributed by atoms with Crippen molar-refractivity contribution in [2.75, 3.05) is 53.6 Å². The topological polar surface area (TPSA) is 92.3 Å². The van der Waals surface area contributed by atoms with Crippen molar-refractivity contribution in [2.24, 2.45) is 10.9 Å². The van der Waals surface area contributed by atoms with E-state index in [1.807, 2.05) is 13.0 Å². The van der Waals surface area contributed by atoms with E-state index in [4.69, 9.17) is 9.47 Å². The predicted molar refractivity (Wildman–Crippen MR) is 135 cm³/mol. The van der Waals surface area contributed by atoms with Crippen LogP contribution in [-0.2, 0) is 26.0 Å². The summed E-state index contributed by atoms with van der Waals surface area (Å²) in [7, 11) is -0.440. The summed E-state index contributed by atoms with van der Waals surface area (Å²) in [4.78, 5) is 4.85. The smallest absolute Gasteiger partial charge is 0.242 e. The van der Waals surface area contributed by atoms with Crippen molar-refractivity contribution in [1.29, 1.82) is 0 Å². The molecule has 8 nitrogen and oxygen atoms in total. The van der Waals surface area contributed by atoms with E-state index in [1.54, 1.807) is 18.2 Å². The van der Waals surface area contributed by atoms with E-state index < -0.39 is 10.0 Å². The Labute approximate surface area is 204 Å². The van der Waals surface area contributed by atoms with Gasteiger partial charge in [-0.1, -0.05) is 18.2 Å². The first-order valence-corrected chi connectivity index (χ1v) is 12.1. The van der Waals surface area contributed by atoms with Gasteiger partial charge in [-0.3, -0.25) is 0 Å². The number of hydrogen-bond donors (Lipinski definition) is 2. The summed E-state index contributed by atoms with van der Waals surface area (Å²) in [6.45, 7) is 6.93. The molecule has 0 bridgehead atoms. The van der Waals surface area contributed by atoms with E-state index in [-0.39, 0.29) is 35.4 Å². The fraction of sp³-hybridized carbons (Fsp3) is 0.667. The van der Waals surface area contributed by atoms with Gasteiger partial charge in [0.2, 0.25) is 10.0 Å². The van der Waals surface area contributed by atoms with Gasteiger partial charge in [0, 0.05) is 53.6 Å². The van der Waals surface area contributed by atoms with E-state index in [2.05, 4.69) is 15.6 Å². The van der Waals surface area contributed by atoms with Gasteiger partial charge in [-0.25, -0.2) is 17.7 Å². The van der Waals surface area contributed by atoms with Gasteiger partial charge in [-0.05, 0) is 43.7 Å². The summed E-state index contributed by atoms with van der Waals surface area (Å²) < 4.78 is 37.4. The number of nitrogens with one attached hydrogen (secondary N) is 2. The van der Waals surface area contributed by atoms with Crippen LogP contribution in [0.3, 0.4) is 0 Å². The molecule has 1 aromatic carbocycles. The Balaban J connectivity index is 0.00000480. The van der Waals surface area contributed by atoms with Crippen molar-refractivity contribution < 1.29 is 17.9 Å². The lowest BCUT2D eigenvalue weighted by atomic mass is 10.0. The Hall–Kier alpha value is -0.950. The maximum Gasteiger partial charge on any atom is 0.242 e. The number of nitrogens with zero attached hydrogens (tertiary/aromatic N) is 2. The summed E-state index contributed by atoms with van der Waals surface area (Å²) in [6.07, 6.45) is 3.04. The number of sulfonamides is 1. The standard InChI is InChI=1S/C21H36N4O4S.HI/c1-4-22-21(23-12-7-13-29-17-18-10-14-28-15-11-18)24-16-19-8-5-6-9-20(19)30(26,27)25(2)3;/h5-6,8-9,18H,4,7,10-17H2,1-3H3,(H2,22,23,24);1H. The third kappa shape index (κ3) is 9.60. The van der Waals surface area contributed by atoms with Crippen molar-refractivity contribution in [1.82, 2.24) is 14.9 Å². The molecule has 0 aromatic heterocycles. The van der Waals surface area contributed by atoms with E-state index in [9.17, 15) is 8.42 Å². The molecular weight excluding hydrogens is 531 g/mol. The normalized spacial score (nSPS) is 15.5. The van der Waals surface area contributed by atoms with Gasteiger partial charge >= 0.3 is 0 Å². The highest BCUT2D eigenvalue weighted by atomic mass is 127. The first kappa shape index (κ1) is 28.1. The molecule has 10 heteroatoms. The number of halogens is 1. The minimum Gasteiger partial charge on any atom is -0.381 e. The van der Waals surface area contributed by atoms with Crippen molar-refractivity contribution in [3.8, 4) is 0 Å². The Morgan fingerprint density at radius 3 is 2.61 bits per heavy atom. The Morgan fingerprint density at radius 2 is 1.94 bits per heavy atom. The summed E-state index contributed by atoms with van der Waals surface area (Å²) >= 11 is 0. The minimum atomic E-state index is -3.51. The van der Waals surface area contributed by atoms with Crippen LogP contribution in [0.2, 0.25) is 0 Å². The van der Waals surface area contributed by atoms with Crippen LogP contribution in [0.4, 0.5) is 0 Å². The van der Waals surface area contributed by atoms with Gasteiger partial charge in [0.15, 0.2) is 5.96 Å². The van der Waals surface area contributed by atoms with Gasteiger partial charge in [0.1, 0.15) is 0 Å². The van der Waals surface area contributed by atoms with Crippen LogP contribution in [-0.4, -0.2) is 72.3 Å². The molecule has 0 atom stereocenters. The number of ether oxygens (including phenoxy) is 2. The summed E-state index contributed by atoms with van der Waals surface area (Å²) in [5.74, 6) is 1.28. The predicted octanol–water partition coefficient (Wildman–Crippen LogP) is 2.44. The summed E-state index contributed by atoms with van der Waals surface area (Å²) in [6, 6.07) is 6.98. The number of hydrogen-bond acceptors (Lipinski definition) is 5.